The quantitative estimate of drug-likeness (QED) is 0.501. The molecule has 0 saturated heterocycles. The van der Waals surface area contributed by atoms with Crippen LogP contribution in [0.2, 0.25) is 0 Å². The van der Waals surface area contributed by atoms with Crippen LogP contribution in [0.5, 0.6) is 0 Å². The van der Waals surface area contributed by atoms with Crippen molar-refractivity contribution in [2.45, 2.75) is 29.9 Å². The molecule has 0 radical (unpaired) electrons. The summed E-state index contributed by atoms with van der Waals surface area (Å²) < 4.78 is 140. The van der Waals surface area contributed by atoms with Crippen LogP contribution in [-0.4, -0.2) is 29.9 Å². The van der Waals surface area contributed by atoms with E-state index < -0.39 is 41.4 Å². The van der Waals surface area contributed by atoms with Crippen molar-refractivity contribution in [3.8, 4) is 0 Å². The molecule has 0 spiro atoms. The van der Waals surface area contributed by atoms with E-state index in [0.29, 0.717) is 0 Å². The second-order valence-corrected chi connectivity index (χ2v) is 3.81. The fourth-order valence-electron chi connectivity index (χ4n) is 1.81. The van der Waals surface area contributed by atoms with Crippen LogP contribution in [0.1, 0.15) is 0 Å². The van der Waals surface area contributed by atoms with E-state index in [1.54, 1.807) is 0 Å². The zero-order valence-corrected chi connectivity index (χ0v) is 8.44. The standard InChI is InChI=1S/C8H3F11/c1-2-3(8(17,18)19)4(9,10)6(13,14)7(15,16)5(3,11)12/h2H,1H2. The third-order valence-electron chi connectivity index (χ3n) is 2.93. The van der Waals surface area contributed by atoms with Crippen LogP contribution < -0.4 is 0 Å². The minimum absolute atomic E-state index is 1.30. The Labute approximate surface area is 97.4 Å². The molecule has 1 rings (SSSR count). The first-order valence-corrected chi connectivity index (χ1v) is 4.28. The molecule has 0 unspecified atom stereocenters. The normalized spacial score (nSPS) is 30.1. The van der Waals surface area contributed by atoms with Gasteiger partial charge in [-0.05, 0) is 0 Å². The van der Waals surface area contributed by atoms with E-state index in [9.17, 15) is 48.3 Å². The number of hydrogen-bond donors (Lipinski definition) is 0. The first kappa shape index (κ1) is 16.0. The Balaban J connectivity index is 3.89. The molecule has 0 aliphatic heterocycles. The van der Waals surface area contributed by atoms with E-state index in [1.807, 2.05) is 6.58 Å². The molecule has 0 N–H and O–H groups in total. The Morgan fingerprint density at radius 3 is 1.00 bits per heavy atom. The van der Waals surface area contributed by atoms with Crippen LogP contribution in [0, 0.1) is 5.41 Å². The fraction of sp³-hybridized carbons (Fsp3) is 0.750. The molecule has 1 aliphatic rings. The summed E-state index contributed by atoms with van der Waals surface area (Å²) in [5.41, 5.74) is -6.07. The summed E-state index contributed by atoms with van der Waals surface area (Å²) in [6, 6.07) is 0. The van der Waals surface area contributed by atoms with Gasteiger partial charge in [-0.25, -0.2) is 0 Å². The van der Waals surface area contributed by atoms with E-state index in [-0.39, 0.29) is 0 Å². The third kappa shape index (κ3) is 1.21. The molecular weight excluding hydrogens is 305 g/mol. The van der Waals surface area contributed by atoms with Gasteiger partial charge in [-0.1, -0.05) is 6.08 Å². The Hall–Kier alpha value is -1.03. The van der Waals surface area contributed by atoms with Crippen molar-refractivity contribution in [1.29, 1.82) is 0 Å². The van der Waals surface area contributed by atoms with Gasteiger partial charge in [0.25, 0.3) is 0 Å². The van der Waals surface area contributed by atoms with Crippen molar-refractivity contribution < 1.29 is 48.3 Å². The second kappa shape index (κ2) is 3.35. The van der Waals surface area contributed by atoms with E-state index in [1.165, 1.54) is 0 Å². The van der Waals surface area contributed by atoms with Gasteiger partial charge in [0.05, 0.1) is 0 Å². The van der Waals surface area contributed by atoms with Gasteiger partial charge in [-0.15, -0.1) is 6.58 Å². The summed E-state index contributed by atoms with van der Waals surface area (Å²) in [7, 11) is 0. The number of rotatable bonds is 1. The molecular formula is C8H3F11. The number of allylic oxidation sites excluding steroid dienone is 1. The zero-order chi connectivity index (χ0) is 15.7. The van der Waals surface area contributed by atoms with Gasteiger partial charge in [0.15, 0.2) is 0 Å². The van der Waals surface area contributed by atoms with Crippen LogP contribution in [0.3, 0.4) is 0 Å². The number of alkyl halides is 11. The summed E-state index contributed by atoms with van der Waals surface area (Å²) >= 11 is 0. The SMILES string of the molecule is C=CC1(C(F)(F)F)C(F)(F)C(F)(F)C(F)(F)C1(F)F. The van der Waals surface area contributed by atoms with Gasteiger partial charge >= 0.3 is 29.9 Å². The number of halogens is 11. The molecule has 0 aromatic carbocycles. The van der Waals surface area contributed by atoms with E-state index in [0.717, 1.165) is 0 Å². The number of hydrogen-bond acceptors (Lipinski definition) is 0. The van der Waals surface area contributed by atoms with Crippen molar-refractivity contribution in [2.75, 3.05) is 0 Å². The van der Waals surface area contributed by atoms with E-state index >= 15 is 0 Å². The summed E-state index contributed by atoms with van der Waals surface area (Å²) in [4.78, 5) is 0. The first-order chi connectivity index (χ1) is 8.06. The Kier molecular flexibility index (Phi) is 2.82. The highest BCUT2D eigenvalue weighted by Crippen LogP contribution is 2.75. The fourth-order valence-corrected chi connectivity index (χ4v) is 1.81. The zero-order valence-electron chi connectivity index (χ0n) is 8.44. The van der Waals surface area contributed by atoms with Crippen molar-refractivity contribution in [3.63, 3.8) is 0 Å². The lowest BCUT2D eigenvalue weighted by molar-refractivity contribution is -0.340. The molecule has 0 nitrogen and oxygen atoms in total. The Morgan fingerprint density at radius 1 is 0.632 bits per heavy atom. The van der Waals surface area contributed by atoms with Crippen molar-refractivity contribution >= 4 is 0 Å². The first-order valence-electron chi connectivity index (χ1n) is 4.28. The van der Waals surface area contributed by atoms with Crippen molar-refractivity contribution in [2.24, 2.45) is 5.41 Å². The van der Waals surface area contributed by atoms with Crippen LogP contribution in [0.15, 0.2) is 12.7 Å². The smallest absolute Gasteiger partial charge is 0.198 e. The lowest BCUT2D eigenvalue weighted by Crippen LogP contribution is -2.59. The van der Waals surface area contributed by atoms with Gasteiger partial charge in [0.1, 0.15) is 0 Å². The van der Waals surface area contributed by atoms with Crippen molar-refractivity contribution in [3.05, 3.63) is 12.7 Å². The molecule has 112 valence electrons. The predicted molar refractivity (Wildman–Crippen MR) is 38.5 cm³/mol. The maximum absolute atomic E-state index is 13.0. The van der Waals surface area contributed by atoms with Gasteiger partial charge in [-0.2, -0.15) is 48.3 Å². The summed E-state index contributed by atoms with van der Waals surface area (Å²) in [5, 5.41) is 0. The highest BCUT2D eigenvalue weighted by Gasteiger charge is 3.03. The molecule has 0 aromatic rings. The van der Waals surface area contributed by atoms with Gasteiger partial charge in [0.2, 0.25) is 5.41 Å². The molecule has 11 heteroatoms. The van der Waals surface area contributed by atoms with E-state index in [2.05, 4.69) is 0 Å². The summed E-state index contributed by atoms with van der Waals surface area (Å²) in [5.74, 6) is -27.3. The summed E-state index contributed by atoms with van der Waals surface area (Å²) in [6.07, 6.45) is -8.08. The molecule has 19 heavy (non-hydrogen) atoms. The predicted octanol–water partition coefficient (Wildman–Crippen LogP) is 4.28. The van der Waals surface area contributed by atoms with Gasteiger partial charge in [0, 0.05) is 0 Å². The van der Waals surface area contributed by atoms with Crippen LogP contribution in [0.4, 0.5) is 48.3 Å². The average Bonchev–Trinajstić information content (AvgIpc) is 2.19. The highest BCUT2D eigenvalue weighted by molar-refractivity contribution is 5.32. The molecule has 1 aliphatic carbocycles. The molecule has 0 bridgehead atoms. The van der Waals surface area contributed by atoms with Crippen LogP contribution in [-0.2, 0) is 0 Å². The highest BCUT2D eigenvalue weighted by atomic mass is 19.4. The topological polar surface area (TPSA) is 0 Å². The van der Waals surface area contributed by atoms with Crippen molar-refractivity contribution in [1.82, 2.24) is 0 Å². The molecule has 0 amide bonds. The molecule has 0 atom stereocenters. The molecule has 0 aromatic heterocycles. The largest absolute Gasteiger partial charge is 0.410 e. The Bertz CT molecular complexity index is 375. The summed E-state index contributed by atoms with van der Waals surface area (Å²) in [6.45, 7) is 1.96. The van der Waals surface area contributed by atoms with Crippen LogP contribution in [0.25, 0.3) is 0 Å². The maximum Gasteiger partial charge on any atom is 0.410 e. The maximum atomic E-state index is 13.0. The second-order valence-electron chi connectivity index (χ2n) is 3.81. The third-order valence-corrected chi connectivity index (χ3v) is 2.93. The lowest BCUT2D eigenvalue weighted by atomic mass is 9.79. The minimum atomic E-state index is -6.90. The molecule has 1 fully saturated rings. The molecule has 0 heterocycles. The van der Waals surface area contributed by atoms with Gasteiger partial charge < -0.3 is 0 Å². The van der Waals surface area contributed by atoms with Gasteiger partial charge in [-0.3, -0.25) is 0 Å². The average molecular weight is 308 g/mol. The minimum Gasteiger partial charge on any atom is -0.198 e. The molecule has 1 saturated carbocycles. The Morgan fingerprint density at radius 2 is 0.895 bits per heavy atom. The van der Waals surface area contributed by atoms with E-state index in [4.69, 9.17) is 0 Å². The monoisotopic (exact) mass is 308 g/mol. The van der Waals surface area contributed by atoms with Crippen LogP contribution >= 0.6 is 0 Å². The lowest BCUT2D eigenvalue weighted by Gasteiger charge is -2.36.